The van der Waals surface area contributed by atoms with E-state index in [9.17, 15) is 9.59 Å². The normalized spacial score (nSPS) is 10.8. The minimum absolute atomic E-state index is 0.0230. The van der Waals surface area contributed by atoms with Crippen molar-refractivity contribution in [2.45, 2.75) is 20.4 Å². The molecule has 0 radical (unpaired) electrons. The molecule has 4 aromatic rings. The minimum Gasteiger partial charge on any atom is -0.482 e. The van der Waals surface area contributed by atoms with Gasteiger partial charge in [-0.3, -0.25) is 4.79 Å². The van der Waals surface area contributed by atoms with Crippen LogP contribution in [0.25, 0.3) is 10.9 Å². The standard InChI is InChI=1S/C26H23NO4/c1-18-26(19(2)28)23-15-22(31-25(29)17-30-21-11-7-4-8-12-21)13-14-24(23)27(18)16-20-9-5-3-6-10-20/h3-15H,16-17H2,1-2H3. The van der Waals surface area contributed by atoms with E-state index in [0.29, 0.717) is 23.6 Å². The Morgan fingerprint density at radius 2 is 1.55 bits per heavy atom. The van der Waals surface area contributed by atoms with Crippen molar-refractivity contribution in [3.05, 3.63) is 95.7 Å². The molecule has 31 heavy (non-hydrogen) atoms. The third kappa shape index (κ3) is 4.51. The van der Waals surface area contributed by atoms with Gasteiger partial charge in [0.2, 0.25) is 0 Å². The Morgan fingerprint density at radius 3 is 2.23 bits per heavy atom. The largest absolute Gasteiger partial charge is 0.482 e. The van der Waals surface area contributed by atoms with E-state index < -0.39 is 5.97 Å². The summed E-state index contributed by atoms with van der Waals surface area (Å²) in [5.41, 5.74) is 3.60. The van der Waals surface area contributed by atoms with Gasteiger partial charge in [-0.1, -0.05) is 48.5 Å². The summed E-state index contributed by atoms with van der Waals surface area (Å²) in [6, 6.07) is 24.6. The number of nitrogens with zero attached hydrogens (tertiary/aromatic N) is 1. The van der Waals surface area contributed by atoms with Gasteiger partial charge in [-0.25, -0.2) is 4.79 Å². The maximum atomic E-state index is 12.4. The molecule has 4 rings (SSSR count). The number of esters is 1. The molecule has 0 N–H and O–H groups in total. The Morgan fingerprint density at radius 1 is 0.871 bits per heavy atom. The van der Waals surface area contributed by atoms with Gasteiger partial charge in [-0.15, -0.1) is 0 Å². The van der Waals surface area contributed by atoms with Gasteiger partial charge in [0.1, 0.15) is 11.5 Å². The molecule has 0 saturated carbocycles. The molecule has 0 aliphatic heterocycles. The zero-order valence-electron chi connectivity index (χ0n) is 17.5. The molecule has 1 heterocycles. The Labute approximate surface area is 180 Å². The number of Topliss-reactive ketones (excluding diaryl/α,β-unsaturated/α-hetero) is 1. The number of ether oxygens (including phenoxy) is 2. The van der Waals surface area contributed by atoms with E-state index in [1.54, 1.807) is 31.2 Å². The molecule has 0 aliphatic rings. The van der Waals surface area contributed by atoms with Crippen LogP contribution in [0, 0.1) is 6.92 Å². The number of ketones is 1. The highest BCUT2D eigenvalue weighted by Crippen LogP contribution is 2.30. The lowest BCUT2D eigenvalue weighted by atomic mass is 10.1. The summed E-state index contributed by atoms with van der Waals surface area (Å²) < 4.78 is 13.0. The lowest BCUT2D eigenvalue weighted by Crippen LogP contribution is -2.17. The second kappa shape index (κ2) is 8.88. The van der Waals surface area contributed by atoms with Crippen LogP contribution in [-0.2, 0) is 11.3 Å². The molecule has 0 atom stereocenters. The average Bonchev–Trinajstić information content (AvgIpc) is 3.04. The summed E-state index contributed by atoms with van der Waals surface area (Å²) in [5, 5.41) is 0.773. The van der Waals surface area contributed by atoms with Crippen LogP contribution in [0.3, 0.4) is 0 Å². The third-order valence-electron chi connectivity index (χ3n) is 5.16. The number of rotatable bonds is 7. The van der Waals surface area contributed by atoms with E-state index >= 15 is 0 Å². The Hall–Kier alpha value is -3.86. The number of para-hydroxylation sites is 1. The first kappa shape index (κ1) is 20.4. The first-order valence-corrected chi connectivity index (χ1v) is 10.1. The van der Waals surface area contributed by atoms with Crippen LogP contribution in [0.4, 0.5) is 0 Å². The van der Waals surface area contributed by atoms with Gasteiger partial charge in [-0.05, 0) is 49.7 Å². The summed E-state index contributed by atoms with van der Waals surface area (Å²) in [5.74, 6) is 0.453. The van der Waals surface area contributed by atoms with E-state index in [2.05, 4.69) is 16.7 Å². The molecule has 0 fully saturated rings. The Balaban J connectivity index is 1.60. The van der Waals surface area contributed by atoms with Crippen molar-refractivity contribution in [1.29, 1.82) is 0 Å². The summed E-state index contributed by atoms with van der Waals surface area (Å²) >= 11 is 0. The maximum absolute atomic E-state index is 12.4. The topological polar surface area (TPSA) is 57.5 Å². The van der Waals surface area contributed by atoms with Crippen molar-refractivity contribution >= 4 is 22.7 Å². The van der Waals surface area contributed by atoms with Crippen molar-refractivity contribution in [2.75, 3.05) is 6.61 Å². The van der Waals surface area contributed by atoms with Crippen molar-refractivity contribution in [2.24, 2.45) is 0 Å². The van der Waals surface area contributed by atoms with Crippen molar-refractivity contribution in [1.82, 2.24) is 4.57 Å². The van der Waals surface area contributed by atoms with Gasteiger partial charge in [-0.2, -0.15) is 0 Å². The number of hydrogen-bond acceptors (Lipinski definition) is 4. The number of carbonyl (C=O) groups excluding carboxylic acids is 2. The van der Waals surface area contributed by atoms with E-state index in [1.165, 1.54) is 0 Å². The molecule has 3 aromatic carbocycles. The third-order valence-corrected chi connectivity index (χ3v) is 5.16. The fraction of sp³-hybridized carbons (Fsp3) is 0.154. The van der Waals surface area contributed by atoms with E-state index in [0.717, 1.165) is 22.2 Å². The highest BCUT2D eigenvalue weighted by Gasteiger charge is 2.19. The van der Waals surface area contributed by atoms with Gasteiger partial charge in [0.15, 0.2) is 12.4 Å². The van der Waals surface area contributed by atoms with Crippen molar-refractivity contribution in [3.8, 4) is 11.5 Å². The fourth-order valence-electron chi connectivity index (χ4n) is 3.76. The lowest BCUT2D eigenvalue weighted by molar-refractivity contribution is -0.136. The first-order valence-electron chi connectivity index (χ1n) is 10.1. The van der Waals surface area contributed by atoms with Crippen LogP contribution in [0.1, 0.15) is 28.5 Å². The van der Waals surface area contributed by atoms with Gasteiger partial charge >= 0.3 is 5.97 Å². The van der Waals surface area contributed by atoms with Crippen LogP contribution in [0.2, 0.25) is 0 Å². The van der Waals surface area contributed by atoms with E-state index in [1.807, 2.05) is 49.4 Å². The maximum Gasteiger partial charge on any atom is 0.349 e. The van der Waals surface area contributed by atoms with Crippen LogP contribution in [0.15, 0.2) is 78.9 Å². The number of fused-ring (bicyclic) bond motifs is 1. The summed E-state index contributed by atoms with van der Waals surface area (Å²) in [7, 11) is 0. The highest BCUT2D eigenvalue weighted by atomic mass is 16.6. The summed E-state index contributed by atoms with van der Waals surface area (Å²) in [4.78, 5) is 24.6. The number of carbonyl (C=O) groups is 2. The molecular formula is C26H23NO4. The predicted octanol–water partition coefficient (Wildman–Crippen LogP) is 5.19. The Kier molecular flexibility index (Phi) is 5.85. The Bertz CT molecular complexity index is 1230. The molecule has 0 saturated heterocycles. The molecule has 0 aliphatic carbocycles. The van der Waals surface area contributed by atoms with Crippen LogP contribution in [0.5, 0.6) is 11.5 Å². The zero-order chi connectivity index (χ0) is 21.8. The second-order valence-corrected chi connectivity index (χ2v) is 7.34. The average molecular weight is 413 g/mol. The van der Waals surface area contributed by atoms with Gasteiger partial charge in [0.25, 0.3) is 0 Å². The lowest BCUT2D eigenvalue weighted by Gasteiger charge is -2.09. The van der Waals surface area contributed by atoms with E-state index in [4.69, 9.17) is 9.47 Å². The molecule has 5 nitrogen and oxygen atoms in total. The SMILES string of the molecule is CC(=O)c1c(C)n(Cc2ccccc2)c2ccc(OC(=O)COc3ccccc3)cc12. The fourth-order valence-corrected chi connectivity index (χ4v) is 3.76. The van der Waals surface area contributed by atoms with Crippen LogP contribution >= 0.6 is 0 Å². The molecule has 1 aromatic heterocycles. The highest BCUT2D eigenvalue weighted by molar-refractivity contribution is 6.08. The van der Waals surface area contributed by atoms with Gasteiger partial charge < -0.3 is 14.0 Å². The molecule has 156 valence electrons. The molecule has 0 amide bonds. The molecule has 0 unspecified atom stereocenters. The zero-order valence-corrected chi connectivity index (χ0v) is 17.5. The number of aromatic nitrogens is 1. The monoisotopic (exact) mass is 413 g/mol. The second-order valence-electron chi connectivity index (χ2n) is 7.34. The van der Waals surface area contributed by atoms with Gasteiger partial charge in [0.05, 0.1) is 0 Å². The number of hydrogen-bond donors (Lipinski definition) is 0. The predicted molar refractivity (Wildman–Crippen MR) is 120 cm³/mol. The summed E-state index contributed by atoms with van der Waals surface area (Å²) in [6.07, 6.45) is 0. The van der Waals surface area contributed by atoms with Crippen LogP contribution in [-0.4, -0.2) is 22.9 Å². The van der Waals surface area contributed by atoms with E-state index in [-0.39, 0.29) is 12.4 Å². The number of benzene rings is 3. The van der Waals surface area contributed by atoms with Crippen molar-refractivity contribution < 1.29 is 19.1 Å². The van der Waals surface area contributed by atoms with Gasteiger partial charge in [0, 0.05) is 28.7 Å². The molecular weight excluding hydrogens is 390 g/mol. The minimum atomic E-state index is -0.506. The first-order chi connectivity index (χ1) is 15.0. The van der Waals surface area contributed by atoms with Crippen LogP contribution < -0.4 is 9.47 Å². The molecule has 5 heteroatoms. The summed E-state index contributed by atoms with van der Waals surface area (Å²) in [6.45, 7) is 3.95. The smallest absolute Gasteiger partial charge is 0.349 e. The quantitative estimate of drug-likeness (QED) is 0.238. The van der Waals surface area contributed by atoms with Crippen molar-refractivity contribution in [3.63, 3.8) is 0 Å². The molecule has 0 bridgehead atoms. The molecule has 0 spiro atoms.